The lowest BCUT2D eigenvalue weighted by Gasteiger charge is -2.18. The van der Waals surface area contributed by atoms with Crippen LogP contribution in [0.4, 0.5) is 0 Å². The Balaban J connectivity index is 2.41. The molecular formula is C14H16ClNS. The largest absolute Gasteiger partial charge is 0.309 e. The second-order valence-corrected chi connectivity index (χ2v) is 5.66. The number of aryl methyl sites for hydroxylation is 1. The minimum absolute atomic E-state index is 0.239. The summed E-state index contributed by atoms with van der Waals surface area (Å²) in [5.41, 5.74) is 2.73. The van der Waals surface area contributed by atoms with Crippen LogP contribution in [0.2, 0.25) is 4.34 Å². The quantitative estimate of drug-likeness (QED) is 0.870. The number of hydrogen-bond donors (Lipinski definition) is 1. The summed E-state index contributed by atoms with van der Waals surface area (Å²) in [4.78, 5) is 1.26. The first kappa shape index (κ1) is 12.6. The molecule has 0 aliphatic heterocycles. The number of hydrogen-bond acceptors (Lipinski definition) is 2. The predicted octanol–water partition coefficient (Wildman–Crippen LogP) is 4.27. The zero-order valence-corrected chi connectivity index (χ0v) is 11.6. The van der Waals surface area contributed by atoms with Gasteiger partial charge in [0.2, 0.25) is 0 Å². The first-order valence-electron chi connectivity index (χ1n) is 5.76. The third-order valence-electron chi connectivity index (χ3n) is 2.91. The van der Waals surface area contributed by atoms with Crippen LogP contribution in [0.15, 0.2) is 36.4 Å². The van der Waals surface area contributed by atoms with E-state index >= 15 is 0 Å². The van der Waals surface area contributed by atoms with Crippen molar-refractivity contribution >= 4 is 22.9 Å². The van der Waals surface area contributed by atoms with Gasteiger partial charge in [0.15, 0.2) is 0 Å². The molecule has 1 aromatic heterocycles. The second kappa shape index (κ2) is 5.67. The maximum absolute atomic E-state index is 6.01. The van der Waals surface area contributed by atoms with Gasteiger partial charge in [0.05, 0.1) is 10.4 Å². The number of rotatable bonds is 4. The highest BCUT2D eigenvalue weighted by atomic mass is 35.5. The van der Waals surface area contributed by atoms with Gasteiger partial charge in [0.25, 0.3) is 0 Å². The molecule has 90 valence electrons. The number of thiophene rings is 1. The smallest absolute Gasteiger partial charge is 0.0931 e. The van der Waals surface area contributed by atoms with Crippen LogP contribution in [-0.2, 0) is 6.42 Å². The normalized spacial score (nSPS) is 12.6. The van der Waals surface area contributed by atoms with Crippen LogP contribution in [0.1, 0.15) is 29.0 Å². The van der Waals surface area contributed by atoms with Crippen molar-refractivity contribution in [2.75, 3.05) is 7.05 Å². The summed E-state index contributed by atoms with van der Waals surface area (Å²) in [6.45, 7) is 2.19. The Labute approximate surface area is 111 Å². The maximum Gasteiger partial charge on any atom is 0.0931 e. The molecule has 0 spiro atoms. The topological polar surface area (TPSA) is 12.0 Å². The summed E-state index contributed by atoms with van der Waals surface area (Å²) < 4.78 is 0.842. The summed E-state index contributed by atoms with van der Waals surface area (Å²) in [6.07, 6.45) is 1.05. The second-order valence-electron chi connectivity index (χ2n) is 3.92. The van der Waals surface area contributed by atoms with Gasteiger partial charge in [-0.2, -0.15) is 0 Å². The Kier molecular flexibility index (Phi) is 4.21. The van der Waals surface area contributed by atoms with Gasteiger partial charge in [0.1, 0.15) is 0 Å². The summed E-state index contributed by atoms with van der Waals surface area (Å²) in [7, 11) is 1.99. The zero-order chi connectivity index (χ0) is 12.3. The Hall–Kier alpha value is -0.830. The van der Waals surface area contributed by atoms with Crippen LogP contribution in [-0.4, -0.2) is 7.05 Å². The average Bonchev–Trinajstić information content (AvgIpc) is 2.77. The molecule has 0 fully saturated rings. The van der Waals surface area contributed by atoms with Crippen molar-refractivity contribution in [3.63, 3.8) is 0 Å². The molecule has 0 radical (unpaired) electrons. The first-order valence-corrected chi connectivity index (χ1v) is 6.96. The molecule has 0 amide bonds. The molecule has 1 heterocycles. The number of halogens is 1. The summed E-state index contributed by atoms with van der Waals surface area (Å²) in [6, 6.07) is 12.9. The van der Waals surface area contributed by atoms with Crippen LogP contribution in [0, 0.1) is 0 Å². The van der Waals surface area contributed by atoms with E-state index in [-0.39, 0.29) is 6.04 Å². The molecule has 0 aliphatic carbocycles. The minimum atomic E-state index is 0.239. The Morgan fingerprint density at radius 3 is 2.59 bits per heavy atom. The highest BCUT2D eigenvalue weighted by molar-refractivity contribution is 7.16. The lowest BCUT2D eigenvalue weighted by molar-refractivity contribution is 0.696. The molecule has 1 unspecified atom stereocenters. The van der Waals surface area contributed by atoms with Gasteiger partial charge in [-0.05, 0) is 36.7 Å². The van der Waals surface area contributed by atoms with Crippen LogP contribution in [0.3, 0.4) is 0 Å². The summed E-state index contributed by atoms with van der Waals surface area (Å²) >= 11 is 7.65. The molecule has 0 saturated heterocycles. The van der Waals surface area contributed by atoms with Crippen molar-refractivity contribution < 1.29 is 0 Å². The highest BCUT2D eigenvalue weighted by Crippen LogP contribution is 2.32. The van der Waals surface area contributed by atoms with Crippen molar-refractivity contribution in [3.05, 3.63) is 56.7 Å². The molecule has 0 saturated carbocycles. The number of nitrogens with one attached hydrogen (secondary N) is 1. The van der Waals surface area contributed by atoms with Crippen molar-refractivity contribution in [1.29, 1.82) is 0 Å². The average molecular weight is 266 g/mol. The van der Waals surface area contributed by atoms with Gasteiger partial charge in [-0.15, -0.1) is 11.3 Å². The van der Waals surface area contributed by atoms with Crippen molar-refractivity contribution in [2.24, 2.45) is 0 Å². The van der Waals surface area contributed by atoms with Gasteiger partial charge in [-0.1, -0.05) is 42.8 Å². The predicted molar refractivity (Wildman–Crippen MR) is 76.1 cm³/mol. The molecule has 17 heavy (non-hydrogen) atoms. The van der Waals surface area contributed by atoms with Crippen molar-refractivity contribution in [1.82, 2.24) is 5.32 Å². The van der Waals surface area contributed by atoms with E-state index < -0.39 is 0 Å². The number of benzene rings is 1. The van der Waals surface area contributed by atoms with E-state index in [0.717, 1.165) is 10.8 Å². The van der Waals surface area contributed by atoms with Crippen LogP contribution in [0.5, 0.6) is 0 Å². The standard InChI is InChI=1S/C14H16ClNS/c1-3-10-6-4-5-7-11(10)14(16-2)12-8-9-13(15)17-12/h4-9,14,16H,3H2,1-2H3. The third kappa shape index (κ3) is 2.71. The molecular weight excluding hydrogens is 250 g/mol. The van der Waals surface area contributed by atoms with Crippen molar-refractivity contribution in [2.45, 2.75) is 19.4 Å². The van der Waals surface area contributed by atoms with Gasteiger partial charge < -0.3 is 5.32 Å². The van der Waals surface area contributed by atoms with E-state index in [9.17, 15) is 0 Å². The minimum Gasteiger partial charge on any atom is -0.309 e. The van der Waals surface area contributed by atoms with E-state index in [1.807, 2.05) is 13.1 Å². The third-order valence-corrected chi connectivity index (χ3v) is 4.21. The maximum atomic E-state index is 6.01. The van der Waals surface area contributed by atoms with E-state index in [1.54, 1.807) is 11.3 Å². The van der Waals surface area contributed by atoms with Gasteiger partial charge in [0, 0.05) is 4.88 Å². The molecule has 1 nitrogen and oxygen atoms in total. The lowest BCUT2D eigenvalue weighted by Crippen LogP contribution is -2.17. The van der Waals surface area contributed by atoms with E-state index in [2.05, 4.69) is 42.6 Å². The molecule has 2 aromatic rings. The fraction of sp³-hybridized carbons (Fsp3) is 0.286. The molecule has 1 N–H and O–H groups in total. The van der Waals surface area contributed by atoms with E-state index in [0.29, 0.717) is 0 Å². The SMILES string of the molecule is CCc1ccccc1C(NC)c1ccc(Cl)s1. The highest BCUT2D eigenvalue weighted by Gasteiger charge is 2.16. The van der Waals surface area contributed by atoms with Crippen molar-refractivity contribution in [3.8, 4) is 0 Å². The fourth-order valence-corrected chi connectivity index (χ4v) is 3.26. The molecule has 0 aliphatic rings. The van der Waals surface area contributed by atoms with Crippen LogP contribution in [0.25, 0.3) is 0 Å². The van der Waals surface area contributed by atoms with Gasteiger partial charge in [-0.3, -0.25) is 0 Å². The zero-order valence-electron chi connectivity index (χ0n) is 10.0. The summed E-state index contributed by atoms with van der Waals surface area (Å²) in [5, 5.41) is 3.37. The Morgan fingerprint density at radius 2 is 2.00 bits per heavy atom. The summed E-state index contributed by atoms with van der Waals surface area (Å²) in [5.74, 6) is 0. The molecule has 0 bridgehead atoms. The van der Waals surface area contributed by atoms with Gasteiger partial charge in [-0.25, -0.2) is 0 Å². The fourth-order valence-electron chi connectivity index (χ4n) is 2.07. The molecule has 2 rings (SSSR count). The Bertz CT molecular complexity index is 492. The molecule has 1 atom stereocenters. The van der Waals surface area contributed by atoms with E-state index in [4.69, 9.17) is 11.6 Å². The monoisotopic (exact) mass is 265 g/mol. The van der Waals surface area contributed by atoms with Crippen LogP contribution >= 0.6 is 22.9 Å². The van der Waals surface area contributed by atoms with Crippen LogP contribution < -0.4 is 5.32 Å². The molecule has 1 aromatic carbocycles. The van der Waals surface area contributed by atoms with E-state index in [1.165, 1.54) is 16.0 Å². The lowest BCUT2D eigenvalue weighted by atomic mass is 9.98. The first-order chi connectivity index (χ1) is 8.26. The molecule has 3 heteroatoms. The van der Waals surface area contributed by atoms with Gasteiger partial charge >= 0.3 is 0 Å². The Morgan fingerprint density at radius 1 is 1.24 bits per heavy atom.